The van der Waals surface area contributed by atoms with Crippen LogP contribution in [0.3, 0.4) is 0 Å². The Labute approximate surface area is 206 Å². The second-order valence-corrected chi connectivity index (χ2v) is 8.76. The van der Waals surface area contributed by atoms with Gasteiger partial charge in [-0.1, -0.05) is 41.0 Å². The molecule has 0 aliphatic carbocycles. The van der Waals surface area contributed by atoms with Gasteiger partial charge in [0.2, 0.25) is 5.91 Å². The summed E-state index contributed by atoms with van der Waals surface area (Å²) in [6, 6.07) is 11.4. The number of carbonyl (C=O) groups is 2. The van der Waals surface area contributed by atoms with Crippen molar-refractivity contribution >= 4 is 52.5 Å². The largest absolute Gasteiger partial charge is 0.497 e. The highest BCUT2D eigenvalue weighted by Gasteiger charge is 2.21. The van der Waals surface area contributed by atoms with Crippen molar-refractivity contribution in [3.8, 4) is 5.75 Å². The summed E-state index contributed by atoms with van der Waals surface area (Å²) in [5, 5.41) is 15.4. The van der Waals surface area contributed by atoms with E-state index < -0.39 is 6.04 Å². The van der Waals surface area contributed by atoms with Crippen LogP contribution in [0.2, 0.25) is 10.0 Å². The van der Waals surface area contributed by atoms with Crippen LogP contribution >= 0.6 is 35.0 Å². The van der Waals surface area contributed by atoms with E-state index in [-0.39, 0.29) is 22.6 Å². The van der Waals surface area contributed by atoms with Crippen molar-refractivity contribution in [1.29, 1.82) is 0 Å². The minimum absolute atomic E-state index is 0.149. The molecule has 1 heterocycles. The normalized spacial score (nSPS) is 11.7. The fourth-order valence-electron chi connectivity index (χ4n) is 3.06. The van der Waals surface area contributed by atoms with Gasteiger partial charge < -0.3 is 19.9 Å². The number of halogens is 2. The zero-order valence-electron chi connectivity index (χ0n) is 18.3. The Bertz CT molecular complexity index is 1150. The van der Waals surface area contributed by atoms with Crippen molar-refractivity contribution in [3.63, 3.8) is 0 Å². The van der Waals surface area contributed by atoms with E-state index in [4.69, 9.17) is 27.9 Å². The molecule has 0 saturated carbocycles. The highest BCUT2D eigenvalue weighted by atomic mass is 35.5. The molecule has 1 aromatic heterocycles. The molecule has 0 fully saturated rings. The van der Waals surface area contributed by atoms with Crippen LogP contribution in [-0.4, -0.2) is 39.4 Å². The summed E-state index contributed by atoms with van der Waals surface area (Å²) in [6.07, 6.45) is 0. The van der Waals surface area contributed by atoms with Crippen LogP contribution in [-0.2, 0) is 11.3 Å². The van der Waals surface area contributed by atoms with Gasteiger partial charge in [-0.3, -0.25) is 9.59 Å². The number of thioether (sulfide) groups is 1. The molecule has 2 amide bonds. The Morgan fingerprint density at radius 3 is 2.67 bits per heavy atom. The van der Waals surface area contributed by atoms with Crippen molar-refractivity contribution in [2.45, 2.75) is 31.6 Å². The molecule has 2 N–H and O–H groups in total. The predicted octanol–water partition coefficient (Wildman–Crippen LogP) is 4.84. The van der Waals surface area contributed by atoms with Crippen LogP contribution in [0, 0.1) is 0 Å². The first-order valence-electron chi connectivity index (χ1n) is 10.1. The highest BCUT2D eigenvalue weighted by Crippen LogP contribution is 2.24. The van der Waals surface area contributed by atoms with E-state index in [9.17, 15) is 9.59 Å². The minimum atomic E-state index is -0.434. The van der Waals surface area contributed by atoms with Crippen molar-refractivity contribution in [2.24, 2.45) is 0 Å². The second kappa shape index (κ2) is 11.4. The van der Waals surface area contributed by atoms with Gasteiger partial charge in [-0.15, -0.1) is 10.2 Å². The Morgan fingerprint density at radius 2 is 1.97 bits per heavy atom. The van der Waals surface area contributed by atoms with Gasteiger partial charge in [0.1, 0.15) is 5.75 Å². The molecule has 8 nitrogen and oxygen atoms in total. The van der Waals surface area contributed by atoms with E-state index in [1.807, 2.05) is 18.4 Å². The monoisotopic (exact) mass is 507 g/mol. The summed E-state index contributed by atoms with van der Waals surface area (Å²) < 4.78 is 7.03. The fraction of sp³-hybridized carbons (Fsp3) is 0.273. The lowest BCUT2D eigenvalue weighted by atomic mass is 10.2. The SMILES string of the molecule is CCn1c(SCC(=O)Nc2cccc(OC)c2)nnc1[C@@H](C)NC(=O)c1ccc(Cl)cc1Cl. The average molecular weight is 508 g/mol. The van der Waals surface area contributed by atoms with E-state index in [2.05, 4.69) is 20.8 Å². The van der Waals surface area contributed by atoms with Crippen LogP contribution in [0.1, 0.15) is 36.1 Å². The van der Waals surface area contributed by atoms with Gasteiger partial charge in [-0.05, 0) is 44.2 Å². The Kier molecular flexibility index (Phi) is 8.60. The molecule has 3 aromatic rings. The van der Waals surface area contributed by atoms with Crippen molar-refractivity contribution < 1.29 is 14.3 Å². The Hall–Kier alpha value is -2.75. The number of nitrogens with zero attached hydrogens (tertiary/aromatic N) is 3. The van der Waals surface area contributed by atoms with Crippen LogP contribution in [0.25, 0.3) is 0 Å². The number of hydrogen-bond acceptors (Lipinski definition) is 6. The summed E-state index contributed by atoms with van der Waals surface area (Å²) in [5.74, 6) is 0.857. The molecular formula is C22H23Cl2N5O3S. The second-order valence-electron chi connectivity index (χ2n) is 6.97. The molecular weight excluding hydrogens is 485 g/mol. The number of methoxy groups -OCH3 is 1. The topological polar surface area (TPSA) is 98.1 Å². The average Bonchev–Trinajstić information content (AvgIpc) is 3.20. The van der Waals surface area contributed by atoms with E-state index in [0.717, 1.165) is 0 Å². The molecule has 0 saturated heterocycles. The van der Waals surface area contributed by atoms with Crippen molar-refractivity contribution in [1.82, 2.24) is 20.1 Å². The fourth-order valence-corrected chi connectivity index (χ4v) is 4.37. The van der Waals surface area contributed by atoms with Crippen LogP contribution in [0.15, 0.2) is 47.6 Å². The molecule has 11 heteroatoms. The maximum Gasteiger partial charge on any atom is 0.253 e. The van der Waals surface area contributed by atoms with Gasteiger partial charge in [0.15, 0.2) is 11.0 Å². The van der Waals surface area contributed by atoms with Crippen LogP contribution in [0.5, 0.6) is 5.75 Å². The number of hydrogen-bond donors (Lipinski definition) is 2. The minimum Gasteiger partial charge on any atom is -0.497 e. The molecule has 0 radical (unpaired) electrons. The summed E-state index contributed by atoms with van der Waals surface area (Å²) in [7, 11) is 1.57. The first-order chi connectivity index (χ1) is 15.8. The summed E-state index contributed by atoms with van der Waals surface area (Å²) in [5.41, 5.74) is 0.967. The van der Waals surface area contributed by atoms with Gasteiger partial charge in [-0.25, -0.2) is 0 Å². The number of nitrogens with one attached hydrogen (secondary N) is 2. The van der Waals surface area contributed by atoms with Crippen LogP contribution in [0.4, 0.5) is 5.69 Å². The van der Waals surface area contributed by atoms with Gasteiger partial charge in [0, 0.05) is 23.3 Å². The molecule has 0 spiro atoms. The number of ether oxygens (including phenoxy) is 1. The van der Waals surface area contributed by atoms with Gasteiger partial charge in [0.25, 0.3) is 5.91 Å². The lowest BCUT2D eigenvalue weighted by Crippen LogP contribution is -2.29. The Morgan fingerprint density at radius 1 is 1.18 bits per heavy atom. The van der Waals surface area contributed by atoms with E-state index in [1.54, 1.807) is 43.5 Å². The lowest BCUT2D eigenvalue weighted by Gasteiger charge is -2.15. The molecule has 174 valence electrons. The first-order valence-corrected chi connectivity index (χ1v) is 11.8. The number of carbonyl (C=O) groups excluding carboxylic acids is 2. The van der Waals surface area contributed by atoms with E-state index >= 15 is 0 Å². The first kappa shape index (κ1) is 24.9. The molecule has 0 aliphatic heterocycles. The van der Waals surface area contributed by atoms with Crippen molar-refractivity contribution in [2.75, 3.05) is 18.2 Å². The van der Waals surface area contributed by atoms with Crippen LogP contribution < -0.4 is 15.4 Å². The quantitative estimate of drug-likeness (QED) is 0.402. The number of amides is 2. The summed E-state index contributed by atoms with van der Waals surface area (Å²) in [6.45, 7) is 4.32. The third kappa shape index (κ3) is 6.40. The molecule has 0 aliphatic rings. The molecule has 1 atom stereocenters. The Balaban J connectivity index is 1.63. The third-order valence-corrected chi connectivity index (χ3v) is 6.17. The van der Waals surface area contributed by atoms with Crippen molar-refractivity contribution in [3.05, 3.63) is 63.9 Å². The number of rotatable bonds is 9. The molecule has 0 unspecified atom stereocenters. The third-order valence-electron chi connectivity index (χ3n) is 4.66. The number of anilines is 1. The zero-order valence-corrected chi connectivity index (χ0v) is 20.6. The maximum absolute atomic E-state index is 12.6. The standard InChI is InChI=1S/C22H23Cl2N5O3S/c1-4-29-20(13(2)25-21(31)17-9-8-14(23)10-18(17)24)27-28-22(29)33-12-19(30)26-15-6-5-7-16(11-15)32-3/h5-11,13H,4,12H2,1-3H3,(H,25,31)(H,26,30)/t13-/m1/s1. The van der Waals surface area contributed by atoms with E-state index in [1.165, 1.54) is 17.8 Å². The summed E-state index contributed by atoms with van der Waals surface area (Å²) >= 11 is 13.3. The number of benzene rings is 2. The van der Waals surface area contributed by atoms with Gasteiger partial charge in [0.05, 0.1) is 29.5 Å². The molecule has 2 aromatic carbocycles. The summed E-state index contributed by atoms with van der Waals surface area (Å²) in [4.78, 5) is 25.0. The van der Waals surface area contributed by atoms with Gasteiger partial charge in [-0.2, -0.15) is 0 Å². The lowest BCUT2D eigenvalue weighted by molar-refractivity contribution is -0.113. The van der Waals surface area contributed by atoms with Gasteiger partial charge >= 0.3 is 0 Å². The predicted molar refractivity (Wildman–Crippen MR) is 130 cm³/mol. The maximum atomic E-state index is 12.6. The molecule has 3 rings (SSSR count). The smallest absolute Gasteiger partial charge is 0.253 e. The zero-order chi connectivity index (χ0) is 24.0. The molecule has 33 heavy (non-hydrogen) atoms. The molecule has 0 bridgehead atoms. The van der Waals surface area contributed by atoms with E-state index in [0.29, 0.717) is 39.5 Å². The number of aromatic nitrogens is 3. The highest BCUT2D eigenvalue weighted by molar-refractivity contribution is 7.99.